The molecule has 1 aliphatic heterocycles. The van der Waals surface area contributed by atoms with E-state index in [2.05, 4.69) is 35.9 Å². The standard InChI is InChI=1S/C25H30FN3O2/c1-25(2,30-3)15-21-12-17-13-22(28-24-6-4-5-11-31-24)18(16-27)14-23(17)29(21)20-9-7-19(26)8-10-20/h7-10,12-14,16,24,27-28H,4-6,11,15H2,1-3H3. The van der Waals surface area contributed by atoms with E-state index in [-0.39, 0.29) is 17.6 Å². The Kier molecular flexibility index (Phi) is 6.12. The number of fused-ring (bicyclic) bond motifs is 1. The highest BCUT2D eigenvalue weighted by Crippen LogP contribution is 2.32. The lowest BCUT2D eigenvalue weighted by Crippen LogP contribution is -2.27. The summed E-state index contributed by atoms with van der Waals surface area (Å²) in [6.45, 7) is 4.86. The predicted octanol–water partition coefficient (Wildman–Crippen LogP) is 5.67. The number of nitrogens with one attached hydrogen (secondary N) is 2. The second-order valence-corrected chi connectivity index (χ2v) is 8.73. The van der Waals surface area contributed by atoms with Crippen molar-refractivity contribution >= 4 is 22.8 Å². The smallest absolute Gasteiger partial charge is 0.127 e. The molecule has 31 heavy (non-hydrogen) atoms. The lowest BCUT2D eigenvalue weighted by Gasteiger charge is -2.25. The zero-order chi connectivity index (χ0) is 22.0. The SMILES string of the molecule is COC(C)(C)Cc1cc2cc(NC3CCCCO3)c(C=N)cc2n1-c1ccc(F)cc1. The molecule has 164 valence electrons. The Morgan fingerprint density at radius 2 is 2.00 bits per heavy atom. The first-order chi connectivity index (χ1) is 14.9. The minimum Gasteiger partial charge on any atom is -0.378 e. The van der Waals surface area contributed by atoms with Crippen LogP contribution in [0, 0.1) is 11.2 Å². The molecule has 1 atom stereocenters. The summed E-state index contributed by atoms with van der Waals surface area (Å²) >= 11 is 0. The van der Waals surface area contributed by atoms with Gasteiger partial charge in [0.25, 0.3) is 0 Å². The van der Waals surface area contributed by atoms with Gasteiger partial charge in [-0.1, -0.05) is 0 Å². The van der Waals surface area contributed by atoms with E-state index in [1.807, 2.05) is 6.07 Å². The van der Waals surface area contributed by atoms with Crippen LogP contribution < -0.4 is 5.32 Å². The van der Waals surface area contributed by atoms with Crippen LogP contribution in [0.25, 0.3) is 16.6 Å². The van der Waals surface area contributed by atoms with Crippen LogP contribution in [-0.2, 0) is 15.9 Å². The van der Waals surface area contributed by atoms with Crippen LogP contribution in [0.5, 0.6) is 0 Å². The van der Waals surface area contributed by atoms with E-state index in [0.29, 0.717) is 6.42 Å². The number of aromatic nitrogens is 1. The molecular formula is C25H30FN3O2. The highest BCUT2D eigenvalue weighted by atomic mass is 19.1. The van der Waals surface area contributed by atoms with Gasteiger partial charge in [0.2, 0.25) is 0 Å². The van der Waals surface area contributed by atoms with Gasteiger partial charge < -0.3 is 24.8 Å². The van der Waals surface area contributed by atoms with Crippen molar-refractivity contribution in [2.45, 2.75) is 51.4 Å². The summed E-state index contributed by atoms with van der Waals surface area (Å²) < 4.78 is 27.2. The summed E-state index contributed by atoms with van der Waals surface area (Å²) in [5.41, 5.74) is 4.25. The molecule has 0 amide bonds. The Balaban J connectivity index is 1.83. The summed E-state index contributed by atoms with van der Waals surface area (Å²) in [6, 6.07) is 12.8. The summed E-state index contributed by atoms with van der Waals surface area (Å²) in [6.07, 6.45) is 5.20. The third kappa shape index (κ3) is 4.65. The number of anilines is 1. The summed E-state index contributed by atoms with van der Waals surface area (Å²) in [5, 5.41) is 12.5. The van der Waals surface area contributed by atoms with E-state index < -0.39 is 0 Å². The first-order valence-corrected chi connectivity index (χ1v) is 10.8. The van der Waals surface area contributed by atoms with Crippen molar-refractivity contribution < 1.29 is 13.9 Å². The van der Waals surface area contributed by atoms with Crippen molar-refractivity contribution in [3.8, 4) is 5.69 Å². The van der Waals surface area contributed by atoms with Gasteiger partial charge in [-0.15, -0.1) is 0 Å². The summed E-state index contributed by atoms with van der Waals surface area (Å²) in [5.74, 6) is -0.266. The number of ether oxygens (including phenoxy) is 2. The zero-order valence-corrected chi connectivity index (χ0v) is 18.4. The average molecular weight is 424 g/mol. The fourth-order valence-corrected chi connectivity index (χ4v) is 4.14. The van der Waals surface area contributed by atoms with Crippen LogP contribution in [0.4, 0.5) is 10.1 Å². The highest BCUT2D eigenvalue weighted by Gasteiger charge is 2.23. The van der Waals surface area contributed by atoms with Gasteiger partial charge in [-0.05, 0) is 75.6 Å². The van der Waals surface area contributed by atoms with Crippen LogP contribution >= 0.6 is 0 Å². The molecule has 2 N–H and O–H groups in total. The number of hydrogen-bond donors (Lipinski definition) is 2. The fraction of sp³-hybridized carbons (Fsp3) is 0.400. The van der Waals surface area contributed by atoms with E-state index in [1.165, 1.54) is 18.3 Å². The minimum absolute atomic E-state index is 0.0315. The maximum atomic E-state index is 13.6. The molecular weight excluding hydrogens is 393 g/mol. The monoisotopic (exact) mass is 423 g/mol. The van der Waals surface area contributed by atoms with E-state index in [0.717, 1.165) is 59.4 Å². The van der Waals surface area contributed by atoms with E-state index in [9.17, 15) is 4.39 Å². The number of rotatable bonds is 7. The van der Waals surface area contributed by atoms with Gasteiger partial charge in [-0.25, -0.2) is 4.39 Å². The average Bonchev–Trinajstić information content (AvgIpc) is 3.10. The van der Waals surface area contributed by atoms with Crippen molar-refractivity contribution in [3.63, 3.8) is 0 Å². The molecule has 3 aromatic rings. The summed E-state index contributed by atoms with van der Waals surface area (Å²) in [4.78, 5) is 0. The van der Waals surface area contributed by atoms with E-state index >= 15 is 0 Å². The molecule has 6 heteroatoms. The van der Waals surface area contributed by atoms with Crippen LogP contribution in [0.15, 0.2) is 42.5 Å². The molecule has 1 aromatic heterocycles. The molecule has 0 radical (unpaired) electrons. The molecule has 1 saturated heterocycles. The second-order valence-electron chi connectivity index (χ2n) is 8.73. The minimum atomic E-state index is -0.354. The Hall–Kier alpha value is -2.70. The van der Waals surface area contributed by atoms with Crippen molar-refractivity contribution in [1.29, 1.82) is 5.41 Å². The molecule has 1 unspecified atom stereocenters. The number of hydrogen-bond acceptors (Lipinski definition) is 4. The van der Waals surface area contributed by atoms with Gasteiger partial charge in [0.05, 0.1) is 11.1 Å². The number of nitrogens with zero attached hydrogens (tertiary/aromatic N) is 1. The first kappa shape index (κ1) is 21.5. The number of halogens is 1. The Bertz CT molecular complexity index is 1070. The zero-order valence-electron chi connectivity index (χ0n) is 18.4. The highest BCUT2D eigenvalue weighted by molar-refractivity contribution is 5.96. The molecule has 1 aliphatic rings. The summed E-state index contributed by atoms with van der Waals surface area (Å²) in [7, 11) is 1.71. The third-order valence-corrected chi connectivity index (χ3v) is 5.94. The van der Waals surface area contributed by atoms with Gasteiger partial charge >= 0.3 is 0 Å². The molecule has 0 saturated carbocycles. The largest absolute Gasteiger partial charge is 0.378 e. The Morgan fingerprint density at radius 3 is 2.65 bits per heavy atom. The molecule has 1 fully saturated rings. The van der Waals surface area contributed by atoms with Crippen LogP contribution in [0.3, 0.4) is 0 Å². The number of benzene rings is 2. The van der Waals surface area contributed by atoms with Gasteiger partial charge in [-0.3, -0.25) is 0 Å². The van der Waals surface area contributed by atoms with Crippen molar-refractivity contribution in [2.24, 2.45) is 0 Å². The third-order valence-electron chi connectivity index (χ3n) is 5.94. The predicted molar refractivity (Wildman–Crippen MR) is 123 cm³/mol. The molecule has 4 rings (SSSR count). The molecule has 2 aromatic carbocycles. The van der Waals surface area contributed by atoms with E-state index in [4.69, 9.17) is 14.9 Å². The quantitative estimate of drug-likeness (QED) is 0.481. The van der Waals surface area contributed by atoms with Crippen LogP contribution in [0.1, 0.15) is 44.4 Å². The van der Waals surface area contributed by atoms with Gasteiger partial charge in [0.15, 0.2) is 0 Å². The van der Waals surface area contributed by atoms with Gasteiger partial charge in [0.1, 0.15) is 12.0 Å². The molecule has 2 heterocycles. The normalized spacial score (nSPS) is 17.1. The van der Waals surface area contributed by atoms with E-state index in [1.54, 1.807) is 19.2 Å². The van der Waals surface area contributed by atoms with Crippen molar-refractivity contribution in [2.75, 3.05) is 19.0 Å². The maximum absolute atomic E-state index is 13.6. The lowest BCUT2D eigenvalue weighted by molar-refractivity contribution is 0.0222. The van der Waals surface area contributed by atoms with Crippen LogP contribution in [0.2, 0.25) is 0 Å². The van der Waals surface area contributed by atoms with Gasteiger partial charge in [-0.2, -0.15) is 0 Å². The van der Waals surface area contributed by atoms with Gasteiger partial charge in [0, 0.05) is 54.4 Å². The maximum Gasteiger partial charge on any atom is 0.127 e. The Morgan fingerprint density at radius 1 is 1.23 bits per heavy atom. The topological polar surface area (TPSA) is 59.3 Å². The van der Waals surface area contributed by atoms with Crippen LogP contribution in [-0.4, -0.2) is 36.3 Å². The number of methoxy groups -OCH3 is 1. The molecule has 0 bridgehead atoms. The molecule has 5 nitrogen and oxygen atoms in total. The molecule has 0 spiro atoms. The second kappa shape index (κ2) is 8.81. The fourth-order valence-electron chi connectivity index (χ4n) is 4.14. The lowest BCUT2D eigenvalue weighted by atomic mass is 10.0. The molecule has 0 aliphatic carbocycles. The Labute approximate surface area is 182 Å². The van der Waals surface area contributed by atoms with Crippen molar-refractivity contribution in [1.82, 2.24) is 4.57 Å². The first-order valence-electron chi connectivity index (χ1n) is 10.8. The van der Waals surface area contributed by atoms with Crippen molar-refractivity contribution in [3.05, 3.63) is 59.5 Å².